The van der Waals surface area contributed by atoms with Gasteiger partial charge < -0.3 is 9.64 Å². The minimum Gasteiger partial charge on any atom is -0.487 e. The second-order valence-electron chi connectivity index (χ2n) is 7.22. The molecule has 0 amide bonds. The molecule has 0 N–H and O–H groups in total. The monoisotopic (exact) mass is 386 g/mol. The molecule has 0 saturated carbocycles. The summed E-state index contributed by atoms with van der Waals surface area (Å²) in [5.41, 5.74) is 0.996. The molecule has 144 valence electrons. The van der Waals surface area contributed by atoms with Gasteiger partial charge in [-0.3, -0.25) is 0 Å². The Morgan fingerprint density at radius 1 is 1.00 bits per heavy atom. The zero-order chi connectivity index (χ0) is 18.9. The highest BCUT2D eigenvalue weighted by atomic mass is 32.2. The lowest BCUT2D eigenvalue weighted by molar-refractivity contribution is 0.110. The third-order valence-electron chi connectivity index (χ3n) is 5.61. The zero-order valence-corrected chi connectivity index (χ0v) is 16.4. The van der Waals surface area contributed by atoms with E-state index in [0.29, 0.717) is 12.3 Å². The van der Waals surface area contributed by atoms with Crippen LogP contribution in [0.3, 0.4) is 0 Å². The van der Waals surface area contributed by atoms with E-state index in [1.807, 2.05) is 36.4 Å². The van der Waals surface area contributed by atoms with Gasteiger partial charge in [-0.15, -0.1) is 0 Å². The van der Waals surface area contributed by atoms with Crippen molar-refractivity contribution in [1.29, 1.82) is 0 Å². The molecule has 2 aliphatic rings. The molecule has 2 heterocycles. The molecule has 2 atom stereocenters. The number of sulfonamides is 1. The SMILES string of the molecule is CCN1CC[C@@H]2[C@@H](CC1)Oc1ccccc1S(=O)(=O)N2Cc1ccccc1. The molecule has 2 aromatic rings. The van der Waals surface area contributed by atoms with Crippen molar-refractivity contribution in [3.8, 4) is 5.75 Å². The van der Waals surface area contributed by atoms with Crippen LogP contribution in [-0.2, 0) is 16.6 Å². The van der Waals surface area contributed by atoms with E-state index >= 15 is 0 Å². The summed E-state index contributed by atoms with van der Waals surface area (Å²) in [6.45, 7) is 5.31. The number of rotatable bonds is 3. The van der Waals surface area contributed by atoms with Crippen molar-refractivity contribution >= 4 is 10.0 Å². The van der Waals surface area contributed by atoms with Crippen molar-refractivity contribution < 1.29 is 13.2 Å². The van der Waals surface area contributed by atoms with Gasteiger partial charge in [0.05, 0.1) is 6.04 Å². The molecule has 0 aromatic heterocycles. The third-order valence-corrected chi connectivity index (χ3v) is 7.52. The highest BCUT2D eigenvalue weighted by Crippen LogP contribution is 2.37. The van der Waals surface area contributed by atoms with E-state index < -0.39 is 10.0 Å². The van der Waals surface area contributed by atoms with Crippen molar-refractivity contribution in [2.45, 2.75) is 43.4 Å². The zero-order valence-electron chi connectivity index (χ0n) is 15.6. The van der Waals surface area contributed by atoms with E-state index in [1.165, 1.54) is 0 Å². The fraction of sp³-hybridized carbons (Fsp3) is 0.429. The predicted octanol–water partition coefficient (Wildman–Crippen LogP) is 3.12. The second-order valence-corrected chi connectivity index (χ2v) is 9.08. The van der Waals surface area contributed by atoms with Gasteiger partial charge in [-0.05, 0) is 43.6 Å². The van der Waals surface area contributed by atoms with Gasteiger partial charge in [0.15, 0.2) is 0 Å². The van der Waals surface area contributed by atoms with Gasteiger partial charge in [0.1, 0.15) is 16.7 Å². The largest absolute Gasteiger partial charge is 0.487 e. The molecular formula is C21H26N2O3S. The van der Waals surface area contributed by atoms with Gasteiger partial charge in [0, 0.05) is 13.1 Å². The van der Waals surface area contributed by atoms with Crippen molar-refractivity contribution in [3.05, 3.63) is 60.2 Å². The molecule has 2 aliphatic heterocycles. The lowest BCUT2D eigenvalue weighted by Crippen LogP contribution is -2.46. The van der Waals surface area contributed by atoms with Crippen molar-refractivity contribution in [2.75, 3.05) is 19.6 Å². The van der Waals surface area contributed by atoms with E-state index in [9.17, 15) is 8.42 Å². The van der Waals surface area contributed by atoms with Crippen LogP contribution in [0, 0.1) is 0 Å². The van der Waals surface area contributed by atoms with Crippen LogP contribution in [0.4, 0.5) is 0 Å². The maximum Gasteiger partial charge on any atom is 0.247 e. The number of nitrogens with zero attached hydrogens (tertiary/aromatic N) is 2. The highest BCUT2D eigenvalue weighted by Gasteiger charge is 2.43. The van der Waals surface area contributed by atoms with Crippen molar-refractivity contribution in [3.63, 3.8) is 0 Å². The van der Waals surface area contributed by atoms with E-state index in [2.05, 4.69) is 11.8 Å². The average molecular weight is 387 g/mol. The smallest absolute Gasteiger partial charge is 0.247 e. The number of hydrogen-bond acceptors (Lipinski definition) is 4. The minimum atomic E-state index is -3.64. The van der Waals surface area contributed by atoms with Gasteiger partial charge in [0.2, 0.25) is 10.0 Å². The Morgan fingerprint density at radius 2 is 1.70 bits per heavy atom. The summed E-state index contributed by atoms with van der Waals surface area (Å²) in [5, 5.41) is 0. The number of benzene rings is 2. The first-order valence-corrected chi connectivity index (χ1v) is 11.1. The molecule has 2 aromatic carbocycles. The predicted molar refractivity (Wildman–Crippen MR) is 105 cm³/mol. The van der Waals surface area contributed by atoms with Crippen LogP contribution in [0.25, 0.3) is 0 Å². The molecule has 1 fully saturated rings. The molecule has 6 heteroatoms. The Balaban J connectivity index is 1.78. The van der Waals surface area contributed by atoms with Crippen LogP contribution in [-0.4, -0.2) is 49.4 Å². The topological polar surface area (TPSA) is 49.9 Å². The van der Waals surface area contributed by atoms with E-state index in [1.54, 1.807) is 22.5 Å². The van der Waals surface area contributed by atoms with E-state index in [-0.39, 0.29) is 17.0 Å². The summed E-state index contributed by atoms with van der Waals surface area (Å²) >= 11 is 0. The van der Waals surface area contributed by atoms with E-state index in [0.717, 1.165) is 38.0 Å². The first-order valence-electron chi connectivity index (χ1n) is 9.63. The van der Waals surface area contributed by atoms with Crippen LogP contribution in [0.1, 0.15) is 25.3 Å². The van der Waals surface area contributed by atoms with Crippen LogP contribution < -0.4 is 4.74 Å². The minimum absolute atomic E-state index is 0.135. The maximum absolute atomic E-state index is 13.6. The van der Waals surface area contributed by atoms with Gasteiger partial charge in [-0.25, -0.2) is 8.42 Å². The molecular weight excluding hydrogens is 360 g/mol. The number of fused-ring (bicyclic) bond motifs is 2. The molecule has 0 radical (unpaired) electrons. The van der Waals surface area contributed by atoms with Gasteiger partial charge >= 0.3 is 0 Å². The Bertz CT molecular complexity index is 885. The fourth-order valence-corrected chi connectivity index (χ4v) is 5.88. The molecule has 0 bridgehead atoms. The molecule has 1 saturated heterocycles. The summed E-state index contributed by atoms with van der Waals surface area (Å²) in [6.07, 6.45) is 1.47. The summed E-state index contributed by atoms with van der Waals surface area (Å²) < 4.78 is 35.1. The summed E-state index contributed by atoms with van der Waals surface area (Å²) in [4.78, 5) is 2.65. The molecule has 5 nitrogen and oxygen atoms in total. The number of likely N-dealkylation sites (tertiary alicyclic amines) is 1. The van der Waals surface area contributed by atoms with Gasteiger partial charge in [0.25, 0.3) is 0 Å². The first kappa shape index (κ1) is 18.5. The third kappa shape index (κ3) is 3.61. The summed E-state index contributed by atoms with van der Waals surface area (Å²) in [5.74, 6) is 0.480. The fourth-order valence-electron chi connectivity index (χ4n) is 4.09. The number of ether oxygens (including phenoxy) is 1. The molecule has 0 spiro atoms. The Morgan fingerprint density at radius 3 is 2.48 bits per heavy atom. The Labute approximate surface area is 161 Å². The standard InChI is InChI=1S/C21H26N2O3S/c1-2-22-14-12-18-19(13-15-22)26-20-10-6-7-11-21(20)27(24,25)23(18)16-17-8-4-3-5-9-17/h3-11,18-19H,2,12-16H2,1H3/t18-,19-/m1/s1. The quantitative estimate of drug-likeness (QED) is 0.813. The second kappa shape index (κ2) is 7.62. The summed E-state index contributed by atoms with van der Waals surface area (Å²) in [6, 6.07) is 16.7. The van der Waals surface area contributed by atoms with Crippen LogP contribution >= 0.6 is 0 Å². The van der Waals surface area contributed by atoms with Gasteiger partial charge in [-0.1, -0.05) is 49.4 Å². The lowest BCUT2D eigenvalue weighted by Gasteiger charge is -2.32. The molecule has 4 rings (SSSR count). The number of para-hydroxylation sites is 1. The first-order chi connectivity index (χ1) is 13.1. The molecule has 27 heavy (non-hydrogen) atoms. The van der Waals surface area contributed by atoms with Crippen molar-refractivity contribution in [1.82, 2.24) is 9.21 Å². The molecule has 0 aliphatic carbocycles. The summed E-state index contributed by atoms with van der Waals surface area (Å²) in [7, 11) is -3.64. The average Bonchev–Trinajstić information content (AvgIpc) is 2.93. The number of hydrogen-bond donors (Lipinski definition) is 0. The maximum atomic E-state index is 13.6. The van der Waals surface area contributed by atoms with Crippen molar-refractivity contribution in [2.24, 2.45) is 0 Å². The normalized spacial score (nSPS) is 25.5. The van der Waals surface area contributed by atoms with E-state index in [4.69, 9.17) is 4.74 Å². The Kier molecular flexibility index (Phi) is 5.21. The van der Waals surface area contributed by atoms with Crippen LogP contribution in [0.5, 0.6) is 5.75 Å². The molecule has 0 unspecified atom stereocenters. The van der Waals surface area contributed by atoms with Crippen LogP contribution in [0.15, 0.2) is 59.5 Å². The van der Waals surface area contributed by atoms with Gasteiger partial charge in [-0.2, -0.15) is 4.31 Å². The Hall–Kier alpha value is -1.89. The highest BCUT2D eigenvalue weighted by molar-refractivity contribution is 7.89. The van der Waals surface area contributed by atoms with Crippen LogP contribution in [0.2, 0.25) is 0 Å². The lowest BCUT2D eigenvalue weighted by atomic mass is 10.1.